The third-order valence-corrected chi connectivity index (χ3v) is 6.68. The molecule has 1 aromatic rings. The van der Waals surface area contributed by atoms with E-state index in [1.54, 1.807) is 0 Å². The quantitative estimate of drug-likeness (QED) is 0.379. The van der Waals surface area contributed by atoms with E-state index in [1.807, 2.05) is 24.3 Å². The number of aliphatic carboxylic acids is 1. The van der Waals surface area contributed by atoms with Crippen molar-refractivity contribution in [3.05, 3.63) is 35.2 Å². The molecule has 0 aliphatic rings. The minimum atomic E-state index is -1.97. The minimum absolute atomic E-state index is 0.293. The van der Waals surface area contributed by atoms with Gasteiger partial charge in [-0.3, -0.25) is 0 Å². The van der Waals surface area contributed by atoms with Gasteiger partial charge in [0, 0.05) is 0 Å². The first kappa shape index (κ1) is 21.7. The molecule has 0 spiro atoms. The highest BCUT2D eigenvalue weighted by Gasteiger charge is 2.33. The van der Waals surface area contributed by atoms with Gasteiger partial charge in [-0.25, -0.2) is 4.79 Å². The van der Waals surface area contributed by atoms with Gasteiger partial charge in [-0.15, -0.1) is 0 Å². The Balaban J connectivity index is 3.44. The molecule has 1 rings (SSSR count). The van der Waals surface area contributed by atoms with Gasteiger partial charge in [0.2, 0.25) is 16.6 Å². The van der Waals surface area contributed by atoms with Crippen molar-refractivity contribution < 1.29 is 18.8 Å². The van der Waals surface area contributed by atoms with Gasteiger partial charge in [0.25, 0.3) is 0 Å². The van der Waals surface area contributed by atoms with E-state index in [2.05, 4.69) is 58.9 Å². The van der Waals surface area contributed by atoms with Crippen molar-refractivity contribution in [2.75, 3.05) is 0 Å². The first-order valence-electron chi connectivity index (χ1n) is 8.57. The molecule has 0 atom stereocenters. The van der Waals surface area contributed by atoms with Crippen LogP contribution in [0, 0.1) is 0 Å². The summed E-state index contributed by atoms with van der Waals surface area (Å²) < 4.78 is 12.2. The summed E-state index contributed by atoms with van der Waals surface area (Å²) in [5, 5.41) is 10.6. The predicted molar refractivity (Wildman–Crippen MR) is 113 cm³/mol. The van der Waals surface area contributed by atoms with Gasteiger partial charge in [-0.1, -0.05) is 31.8 Å². The van der Waals surface area contributed by atoms with Gasteiger partial charge in [0.1, 0.15) is 13.8 Å². The van der Waals surface area contributed by atoms with E-state index in [0.717, 1.165) is 5.75 Å². The van der Waals surface area contributed by atoms with Crippen LogP contribution < -0.4 is 4.43 Å². The van der Waals surface area contributed by atoms with Crippen molar-refractivity contribution in [2.45, 2.75) is 58.9 Å². The Morgan fingerprint density at radius 1 is 0.840 bits per heavy atom. The molecule has 7 heteroatoms. The largest absolute Gasteiger partial charge is 0.550 e. The van der Waals surface area contributed by atoms with Gasteiger partial charge in [-0.2, -0.15) is 0 Å². The molecular weight excluding hydrogens is 364 g/mol. The monoisotopic (exact) mass is 396 g/mol. The maximum atomic E-state index is 12.1. The summed E-state index contributed by atoms with van der Waals surface area (Å²) in [5.74, 6) is -0.150. The molecule has 0 radical (unpaired) electrons. The molecule has 4 nitrogen and oxygen atoms in total. The Morgan fingerprint density at radius 2 is 1.32 bits per heavy atom. The topological polar surface area (TPSA) is 55.8 Å². The fourth-order valence-electron chi connectivity index (χ4n) is 2.28. The average molecular weight is 397 g/mol. The SMILES string of the molecule is C[Si](C)(C)O/C(=C(\C(=O)O)c1ccc(O[Si](C)(C)C)cc1)[Si](C)(C)C. The molecule has 0 bridgehead atoms. The molecule has 140 valence electrons. The van der Waals surface area contributed by atoms with E-state index >= 15 is 0 Å². The molecular formula is C18H32O4Si3. The lowest BCUT2D eigenvalue weighted by atomic mass is 10.1. The molecule has 0 unspecified atom stereocenters. The summed E-state index contributed by atoms with van der Waals surface area (Å²) in [4.78, 5) is 12.1. The molecule has 0 saturated carbocycles. The van der Waals surface area contributed by atoms with Crippen molar-refractivity contribution in [3.8, 4) is 5.75 Å². The van der Waals surface area contributed by atoms with Gasteiger partial charge >= 0.3 is 5.97 Å². The van der Waals surface area contributed by atoms with Crippen LogP contribution >= 0.6 is 0 Å². The molecule has 0 amide bonds. The van der Waals surface area contributed by atoms with E-state index in [0.29, 0.717) is 16.5 Å². The Labute approximate surface area is 155 Å². The number of carbonyl (C=O) groups is 1. The normalized spacial score (nSPS) is 14.0. The van der Waals surface area contributed by atoms with E-state index in [-0.39, 0.29) is 0 Å². The zero-order chi connectivity index (χ0) is 19.6. The molecule has 0 saturated heterocycles. The first-order chi connectivity index (χ1) is 11.1. The molecule has 1 aromatic carbocycles. The summed E-state index contributed by atoms with van der Waals surface area (Å²) in [6.45, 7) is 19.0. The van der Waals surface area contributed by atoms with E-state index in [1.165, 1.54) is 0 Å². The van der Waals surface area contributed by atoms with Crippen LogP contribution in [-0.2, 0) is 9.22 Å². The van der Waals surface area contributed by atoms with Crippen LogP contribution in [0.5, 0.6) is 5.75 Å². The maximum absolute atomic E-state index is 12.1. The highest BCUT2D eigenvalue weighted by molar-refractivity contribution is 6.85. The third kappa shape index (κ3) is 7.21. The Bertz CT molecular complexity index is 645. The van der Waals surface area contributed by atoms with Gasteiger partial charge in [-0.05, 0) is 57.0 Å². The number of carboxylic acids is 1. The highest BCUT2D eigenvalue weighted by Crippen LogP contribution is 2.31. The lowest BCUT2D eigenvalue weighted by molar-refractivity contribution is -0.130. The number of hydrogen-bond donors (Lipinski definition) is 1. The number of rotatable bonds is 7. The van der Waals surface area contributed by atoms with Crippen LogP contribution in [-0.4, -0.2) is 35.8 Å². The van der Waals surface area contributed by atoms with E-state index < -0.39 is 30.7 Å². The Morgan fingerprint density at radius 3 is 1.64 bits per heavy atom. The summed E-state index contributed by atoms with van der Waals surface area (Å²) in [7, 11) is -5.58. The number of benzene rings is 1. The smallest absolute Gasteiger partial charge is 0.339 e. The third-order valence-electron chi connectivity index (χ3n) is 3.10. The second-order valence-corrected chi connectivity index (χ2v) is 23.0. The second kappa shape index (κ2) is 7.51. The highest BCUT2D eigenvalue weighted by atomic mass is 28.4. The summed E-state index contributed by atoms with van der Waals surface area (Å²) >= 11 is 0. The summed E-state index contributed by atoms with van der Waals surface area (Å²) in [6, 6.07) is 7.36. The molecule has 25 heavy (non-hydrogen) atoms. The molecule has 0 aliphatic carbocycles. The van der Waals surface area contributed by atoms with Crippen LogP contribution in [0.2, 0.25) is 58.9 Å². The molecule has 0 fully saturated rings. The predicted octanol–water partition coefficient (Wildman–Crippen LogP) is 5.42. The number of carboxylic acid groups (broad SMARTS) is 1. The van der Waals surface area contributed by atoms with Crippen LogP contribution in [0.15, 0.2) is 29.6 Å². The fraction of sp³-hybridized carbons (Fsp3) is 0.500. The molecule has 0 aromatic heterocycles. The zero-order valence-corrected chi connectivity index (χ0v) is 20.0. The first-order valence-corrected chi connectivity index (χ1v) is 18.9. The van der Waals surface area contributed by atoms with Crippen molar-refractivity contribution in [3.63, 3.8) is 0 Å². The van der Waals surface area contributed by atoms with Crippen molar-refractivity contribution >= 4 is 36.3 Å². The van der Waals surface area contributed by atoms with Crippen LogP contribution in [0.25, 0.3) is 5.57 Å². The molecule has 1 N–H and O–H groups in total. The van der Waals surface area contributed by atoms with Crippen molar-refractivity contribution in [2.24, 2.45) is 0 Å². The van der Waals surface area contributed by atoms with Gasteiger partial charge in [0.05, 0.1) is 11.0 Å². The van der Waals surface area contributed by atoms with Crippen LogP contribution in [0.4, 0.5) is 0 Å². The molecule has 0 aliphatic heterocycles. The summed E-state index contributed by atoms with van der Waals surface area (Å²) in [5.41, 5.74) is 0.965. The lowest BCUT2D eigenvalue weighted by Gasteiger charge is -2.31. The molecule has 0 heterocycles. The summed E-state index contributed by atoms with van der Waals surface area (Å²) in [6.07, 6.45) is 0. The Hall–Kier alpha value is -1.32. The zero-order valence-electron chi connectivity index (χ0n) is 17.0. The van der Waals surface area contributed by atoms with Gasteiger partial charge in [0.15, 0.2) is 0 Å². The maximum Gasteiger partial charge on any atom is 0.339 e. The minimum Gasteiger partial charge on any atom is -0.550 e. The Kier molecular flexibility index (Phi) is 6.52. The van der Waals surface area contributed by atoms with E-state index in [4.69, 9.17) is 8.85 Å². The van der Waals surface area contributed by atoms with Crippen LogP contribution in [0.3, 0.4) is 0 Å². The van der Waals surface area contributed by atoms with E-state index in [9.17, 15) is 9.90 Å². The van der Waals surface area contributed by atoms with Crippen molar-refractivity contribution in [1.29, 1.82) is 0 Å². The fourth-order valence-corrected chi connectivity index (χ4v) is 6.98. The second-order valence-electron chi connectivity index (χ2n) is 9.21. The number of hydrogen-bond acceptors (Lipinski definition) is 3. The standard InChI is InChI=1S/C18H32O4Si3/c1-23(2,3)18(22-25(7,8)9)16(17(19)20)14-10-12-15(13-11-14)21-24(4,5)6/h10-13H,1-9H3,(H,19,20)/b18-16+. The van der Waals surface area contributed by atoms with Crippen LogP contribution in [0.1, 0.15) is 5.56 Å². The van der Waals surface area contributed by atoms with Gasteiger partial charge < -0.3 is 14.0 Å². The van der Waals surface area contributed by atoms with Crippen molar-refractivity contribution in [1.82, 2.24) is 0 Å². The average Bonchev–Trinajstić information content (AvgIpc) is 2.35. The lowest BCUT2D eigenvalue weighted by Crippen LogP contribution is -2.36.